The Morgan fingerprint density at radius 3 is 2.59 bits per heavy atom. The van der Waals surface area contributed by atoms with E-state index in [0.717, 1.165) is 99.9 Å². The van der Waals surface area contributed by atoms with E-state index in [1.54, 1.807) is 0 Å². The fourth-order valence-electron chi connectivity index (χ4n) is 10.6. The highest BCUT2D eigenvalue weighted by atomic mass is 16.5. The van der Waals surface area contributed by atoms with Gasteiger partial charge in [0.05, 0.1) is 49.2 Å². The third-order valence-corrected chi connectivity index (χ3v) is 13.6. The molecule has 4 aliphatic heterocycles. The molecule has 2 unspecified atom stereocenters. The molecule has 4 fully saturated rings. The highest BCUT2D eigenvalue weighted by molar-refractivity contribution is 6.07. The minimum Gasteiger partial charge on any atom is -0.488 e. The summed E-state index contributed by atoms with van der Waals surface area (Å²) in [6.45, 7) is 1.95. The Morgan fingerprint density at radius 2 is 1.75 bits per heavy atom. The molecule has 5 atom stereocenters. The van der Waals surface area contributed by atoms with Crippen LogP contribution in [0.15, 0.2) is 48.7 Å². The number of nitrogens with one attached hydrogen (secondary N) is 4. The summed E-state index contributed by atoms with van der Waals surface area (Å²) in [5.41, 5.74) is 6.66. The number of likely N-dealkylation sites (tertiary alicyclic amines) is 2. The molecule has 3 aromatic carbocycles. The first-order valence-corrected chi connectivity index (χ1v) is 21.4. The van der Waals surface area contributed by atoms with Crippen molar-refractivity contribution in [2.45, 2.75) is 82.1 Å². The van der Waals surface area contributed by atoms with Crippen LogP contribution in [0.3, 0.4) is 0 Å². The summed E-state index contributed by atoms with van der Waals surface area (Å²) in [6.07, 6.45) is 7.49. The van der Waals surface area contributed by atoms with Gasteiger partial charge in [0.25, 0.3) is 0 Å². The molecule has 4 amide bonds. The molecular weight excluding hydrogens is 781 g/mol. The van der Waals surface area contributed by atoms with Gasteiger partial charge in [-0.15, -0.1) is 0 Å². The van der Waals surface area contributed by atoms with E-state index < -0.39 is 18.2 Å². The molecule has 10 rings (SSSR count). The molecule has 3 saturated heterocycles. The average molecular weight is 831 g/mol. The molecular formula is C45H50N8O8. The molecule has 1 aliphatic carbocycles. The number of methoxy groups -OCH3 is 2. The fourth-order valence-corrected chi connectivity index (χ4v) is 10.6. The number of amides is 4. The lowest BCUT2D eigenvalue weighted by molar-refractivity contribution is -0.137. The summed E-state index contributed by atoms with van der Waals surface area (Å²) in [7, 11) is 2.60. The first-order chi connectivity index (χ1) is 29.8. The standard InChI is InChI=1S/C45H50N8O8/c1-58-44(56)47-22-38(54)53-34-6-3-5-27(34)19-36(53)42-48-32-11-9-25-18-31-29-10-8-26(17-28(29)23-61-37(31)20-30(25)40(32)50-42)33-21-46-41(49-33)35-7-4-14-52(35)43(55)39(51-45(57)59-2)24-12-15-60-16-13-24/h8-11,17-18,20-21,24,27,34-36,39H,3-7,12-16,19,22-23H2,1-2H3,(H,46,49)(H,47,56)(H,48,50)(H,51,57)/t27-,34-,35?,36-,39?/m0/s1. The number of hydrogen-bond acceptors (Lipinski definition) is 10. The molecule has 1 saturated carbocycles. The molecule has 0 bridgehead atoms. The number of H-pyrrole nitrogens is 2. The van der Waals surface area contributed by atoms with Crippen molar-refractivity contribution >= 4 is 45.8 Å². The van der Waals surface area contributed by atoms with Crippen LogP contribution in [-0.2, 0) is 30.4 Å². The zero-order valence-corrected chi connectivity index (χ0v) is 34.3. The Hall–Kier alpha value is -6.16. The molecule has 5 aromatic rings. The topological polar surface area (TPSA) is 193 Å². The minimum absolute atomic E-state index is 0.0371. The van der Waals surface area contributed by atoms with Crippen molar-refractivity contribution in [3.63, 3.8) is 0 Å². The summed E-state index contributed by atoms with van der Waals surface area (Å²) in [5.74, 6) is 2.36. The molecule has 2 aromatic heterocycles. The lowest BCUT2D eigenvalue weighted by Crippen LogP contribution is -2.53. The largest absolute Gasteiger partial charge is 0.488 e. The van der Waals surface area contributed by atoms with E-state index in [-0.39, 0.29) is 42.4 Å². The Morgan fingerprint density at radius 1 is 0.902 bits per heavy atom. The van der Waals surface area contributed by atoms with Gasteiger partial charge in [0.2, 0.25) is 11.8 Å². The Bertz CT molecular complexity index is 2530. The first kappa shape index (κ1) is 39.0. The van der Waals surface area contributed by atoms with Crippen LogP contribution in [0.1, 0.15) is 80.7 Å². The molecule has 318 valence electrons. The van der Waals surface area contributed by atoms with Crippen molar-refractivity contribution in [1.82, 2.24) is 40.4 Å². The van der Waals surface area contributed by atoms with Gasteiger partial charge in [-0.3, -0.25) is 9.59 Å². The molecule has 16 nitrogen and oxygen atoms in total. The number of benzene rings is 3. The second-order valence-electron chi connectivity index (χ2n) is 16.9. The molecule has 4 N–H and O–H groups in total. The van der Waals surface area contributed by atoms with Gasteiger partial charge in [-0.05, 0) is 103 Å². The van der Waals surface area contributed by atoms with Crippen molar-refractivity contribution in [1.29, 1.82) is 0 Å². The third-order valence-electron chi connectivity index (χ3n) is 13.6. The molecule has 6 heterocycles. The van der Waals surface area contributed by atoms with E-state index in [1.807, 2.05) is 22.1 Å². The molecule has 61 heavy (non-hydrogen) atoms. The number of rotatable bonds is 8. The lowest BCUT2D eigenvalue weighted by atomic mass is 9.90. The number of ether oxygens (including phenoxy) is 4. The van der Waals surface area contributed by atoms with E-state index in [0.29, 0.717) is 50.9 Å². The predicted octanol–water partition coefficient (Wildman–Crippen LogP) is 6.28. The molecule has 0 radical (unpaired) electrons. The number of nitrogens with zero attached hydrogens (tertiary/aromatic N) is 4. The molecule has 16 heteroatoms. The Kier molecular flexibility index (Phi) is 10.2. The summed E-state index contributed by atoms with van der Waals surface area (Å²) in [6, 6.07) is 13.7. The maximum absolute atomic E-state index is 14.1. The Balaban J connectivity index is 0.891. The van der Waals surface area contributed by atoms with Crippen LogP contribution in [0.25, 0.3) is 44.2 Å². The summed E-state index contributed by atoms with van der Waals surface area (Å²) < 4.78 is 21.6. The minimum atomic E-state index is -0.696. The van der Waals surface area contributed by atoms with Gasteiger partial charge in [-0.25, -0.2) is 19.6 Å². The van der Waals surface area contributed by atoms with Gasteiger partial charge in [-0.2, -0.15) is 0 Å². The number of fused-ring (bicyclic) bond motifs is 7. The number of hydrogen-bond donors (Lipinski definition) is 4. The zero-order valence-electron chi connectivity index (χ0n) is 34.3. The number of aromatic amines is 2. The summed E-state index contributed by atoms with van der Waals surface area (Å²) >= 11 is 0. The van der Waals surface area contributed by atoms with Crippen molar-refractivity contribution in [2.75, 3.05) is 40.5 Å². The zero-order chi connectivity index (χ0) is 41.8. The number of imidazole rings is 2. The summed E-state index contributed by atoms with van der Waals surface area (Å²) in [4.78, 5) is 72.5. The predicted molar refractivity (Wildman–Crippen MR) is 223 cm³/mol. The Labute approximate surface area is 352 Å². The maximum atomic E-state index is 14.1. The van der Waals surface area contributed by atoms with Gasteiger partial charge in [0.1, 0.15) is 36.6 Å². The highest BCUT2D eigenvalue weighted by Crippen LogP contribution is 2.48. The van der Waals surface area contributed by atoms with Crippen LogP contribution in [0.2, 0.25) is 0 Å². The highest BCUT2D eigenvalue weighted by Gasteiger charge is 2.47. The van der Waals surface area contributed by atoms with Gasteiger partial charge in [-0.1, -0.05) is 24.6 Å². The first-order valence-electron chi connectivity index (χ1n) is 21.4. The van der Waals surface area contributed by atoms with E-state index in [1.165, 1.54) is 14.2 Å². The van der Waals surface area contributed by atoms with Crippen LogP contribution >= 0.6 is 0 Å². The van der Waals surface area contributed by atoms with Gasteiger partial charge >= 0.3 is 12.2 Å². The van der Waals surface area contributed by atoms with E-state index in [2.05, 4.69) is 57.0 Å². The van der Waals surface area contributed by atoms with Crippen molar-refractivity contribution < 1.29 is 38.1 Å². The van der Waals surface area contributed by atoms with Crippen LogP contribution < -0.4 is 15.4 Å². The molecule has 5 aliphatic rings. The van der Waals surface area contributed by atoms with Crippen molar-refractivity contribution in [3.8, 4) is 28.1 Å². The van der Waals surface area contributed by atoms with Crippen LogP contribution in [0.5, 0.6) is 5.75 Å². The van der Waals surface area contributed by atoms with E-state index in [4.69, 9.17) is 28.9 Å². The van der Waals surface area contributed by atoms with Crippen molar-refractivity contribution in [2.24, 2.45) is 11.8 Å². The number of aromatic nitrogens is 4. The lowest BCUT2D eigenvalue weighted by Gasteiger charge is -2.34. The second kappa shape index (κ2) is 16.0. The number of carbonyl (C=O) groups excluding carboxylic acids is 4. The fraction of sp³-hybridized carbons (Fsp3) is 0.467. The third kappa shape index (κ3) is 7.09. The van der Waals surface area contributed by atoms with Crippen LogP contribution in [0.4, 0.5) is 9.59 Å². The van der Waals surface area contributed by atoms with Gasteiger partial charge in [0.15, 0.2) is 0 Å². The quantitative estimate of drug-likeness (QED) is 0.138. The van der Waals surface area contributed by atoms with Gasteiger partial charge in [0, 0.05) is 36.8 Å². The maximum Gasteiger partial charge on any atom is 0.407 e. The van der Waals surface area contributed by atoms with Crippen LogP contribution in [-0.4, -0.2) is 106 Å². The van der Waals surface area contributed by atoms with Crippen molar-refractivity contribution in [3.05, 3.63) is 65.9 Å². The molecule has 0 spiro atoms. The summed E-state index contributed by atoms with van der Waals surface area (Å²) in [5, 5.41) is 7.37. The SMILES string of the molecule is COC(=O)NCC(=O)N1[C@H](c2nc3c(ccc4cc5c(cc43)OCc3cc(-c4cnc(C6CCCN6C(=O)C(NC(=O)OC)C6CCOCC6)[nH]4)ccc3-5)[nH]2)C[C@@H]2CCC[C@@H]21. The monoisotopic (exact) mass is 830 g/mol. The van der Waals surface area contributed by atoms with E-state index >= 15 is 0 Å². The van der Waals surface area contributed by atoms with Crippen LogP contribution in [0, 0.1) is 11.8 Å². The second-order valence-corrected chi connectivity index (χ2v) is 16.9. The smallest absolute Gasteiger partial charge is 0.407 e. The number of alkyl carbamates (subject to hydrolysis) is 2. The number of carbonyl (C=O) groups is 4. The average Bonchev–Trinajstić information content (AvgIpc) is 4.15. The van der Waals surface area contributed by atoms with E-state index in [9.17, 15) is 19.2 Å². The van der Waals surface area contributed by atoms with Gasteiger partial charge < -0.3 is 49.3 Å². The normalized spacial score (nSPS) is 22.7.